The van der Waals surface area contributed by atoms with E-state index in [-0.39, 0.29) is 0 Å². The number of amides is 1. The van der Waals surface area contributed by atoms with Crippen LogP contribution in [0, 0.1) is 0 Å². The van der Waals surface area contributed by atoms with E-state index in [1.807, 2.05) is 42.5 Å². The van der Waals surface area contributed by atoms with Gasteiger partial charge in [0.15, 0.2) is 5.82 Å². The fraction of sp³-hybridized carbons (Fsp3) is 0.167. The monoisotopic (exact) mass is 410 g/mol. The third-order valence-electron chi connectivity index (χ3n) is 5.60. The van der Waals surface area contributed by atoms with E-state index >= 15 is 0 Å². The number of anilines is 2. The Morgan fingerprint density at radius 3 is 2.29 bits per heavy atom. The number of hydrogen-bond donors (Lipinski definition) is 1. The van der Waals surface area contributed by atoms with Crippen LogP contribution in [0.25, 0.3) is 22.3 Å². The number of carbonyl (C=O) groups excluding carboxylic acids is 1. The predicted octanol–water partition coefficient (Wildman–Crippen LogP) is 3.12. The molecule has 0 bridgehead atoms. The summed E-state index contributed by atoms with van der Waals surface area (Å²) < 4.78 is 0. The Kier molecular flexibility index (Phi) is 4.92. The van der Waals surface area contributed by atoms with Gasteiger partial charge in [-0.15, -0.1) is 0 Å². The Morgan fingerprint density at radius 1 is 0.839 bits per heavy atom. The second-order valence-electron chi connectivity index (χ2n) is 7.51. The summed E-state index contributed by atoms with van der Waals surface area (Å²) in [5.41, 5.74) is 8.80. The second-order valence-corrected chi connectivity index (χ2v) is 7.51. The molecule has 7 nitrogen and oxygen atoms in total. The topological polar surface area (TPSA) is 88.2 Å². The van der Waals surface area contributed by atoms with Gasteiger partial charge in [-0.25, -0.2) is 9.97 Å². The van der Waals surface area contributed by atoms with Crippen LogP contribution in [0.2, 0.25) is 0 Å². The third-order valence-corrected chi connectivity index (χ3v) is 5.60. The minimum Gasteiger partial charge on any atom is -0.368 e. The van der Waals surface area contributed by atoms with Crippen LogP contribution < -0.4 is 15.5 Å². The molecule has 0 unspecified atom stereocenters. The van der Waals surface area contributed by atoms with Crippen molar-refractivity contribution in [1.29, 1.82) is 0 Å². The van der Waals surface area contributed by atoms with Crippen molar-refractivity contribution in [3.05, 3.63) is 78.6 Å². The summed E-state index contributed by atoms with van der Waals surface area (Å²) in [5, 5.41) is 1.05. The molecule has 0 aliphatic carbocycles. The number of para-hydroxylation sites is 1. The SMILES string of the molecule is NC(=O)c1ccc(N2CCN(c3nc(-c4cccnc4)nc4ccccc34)CC2)cc1. The summed E-state index contributed by atoms with van der Waals surface area (Å²) in [5.74, 6) is 1.23. The van der Waals surface area contributed by atoms with Crippen molar-refractivity contribution in [3.8, 4) is 11.4 Å². The first-order valence-electron chi connectivity index (χ1n) is 10.3. The van der Waals surface area contributed by atoms with Crippen molar-refractivity contribution in [1.82, 2.24) is 15.0 Å². The Morgan fingerprint density at radius 2 is 1.58 bits per heavy atom. The van der Waals surface area contributed by atoms with Crippen LogP contribution >= 0.6 is 0 Å². The number of hydrogen-bond acceptors (Lipinski definition) is 6. The van der Waals surface area contributed by atoms with Gasteiger partial charge in [0.1, 0.15) is 5.82 Å². The smallest absolute Gasteiger partial charge is 0.248 e. The summed E-state index contributed by atoms with van der Waals surface area (Å²) in [6.07, 6.45) is 3.54. The average Bonchev–Trinajstić information content (AvgIpc) is 2.84. The van der Waals surface area contributed by atoms with Gasteiger partial charge in [-0.1, -0.05) is 12.1 Å². The van der Waals surface area contributed by atoms with Gasteiger partial charge < -0.3 is 15.5 Å². The van der Waals surface area contributed by atoms with Crippen molar-refractivity contribution in [2.24, 2.45) is 5.73 Å². The number of nitrogens with zero attached hydrogens (tertiary/aromatic N) is 5. The Labute approximate surface area is 180 Å². The first kappa shape index (κ1) is 19.0. The fourth-order valence-electron chi connectivity index (χ4n) is 3.94. The quantitative estimate of drug-likeness (QED) is 0.556. The maximum Gasteiger partial charge on any atom is 0.248 e. The largest absolute Gasteiger partial charge is 0.368 e. The lowest BCUT2D eigenvalue weighted by molar-refractivity contribution is 0.100. The summed E-state index contributed by atoms with van der Waals surface area (Å²) >= 11 is 0. The Balaban J connectivity index is 1.42. The van der Waals surface area contributed by atoms with Crippen LogP contribution in [0.3, 0.4) is 0 Å². The van der Waals surface area contributed by atoms with E-state index in [1.54, 1.807) is 24.5 Å². The molecule has 0 atom stereocenters. The van der Waals surface area contributed by atoms with Crippen LogP contribution in [0.15, 0.2) is 73.1 Å². The van der Waals surface area contributed by atoms with Crippen molar-refractivity contribution in [2.45, 2.75) is 0 Å². The summed E-state index contributed by atoms with van der Waals surface area (Å²) in [7, 11) is 0. The molecule has 3 heterocycles. The fourth-order valence-corrected chi connectivity index (χ4v) is 3.94. The number of fused-ring (bicyclic) bond motifs is 1. The van der Waals surface area contributed by atoms with E-state index in [0.717, 1.165) is 54.2 Å². The molecule has 7 heteroatoms. The number of benzene rings is 2. The van der Waals surface area contributed by atoms with Crippen molar-refractivity contribution in [3.63, 3.8) is 0 Å². The summed E-state index contributed by atoms with van der Waals surface area (Å²) in [4.78, 5) is 29.8. The van der Waals surface area contributed by atoms with E-state index in [4.69, 9.17) is 15.7 Å². The molecule has 0 spiro atoms. The molecule has 5 rings (SSSR count). The molecular weight excluding hydrogens is 388 g/mol. The summed E-state index contributed by atoms with van der Waals surface area (Å²) in [6, 6.07) is 19.5. The lowest BCUT2D eigenvalue weighted by Crippen LogP contribution is -2.47. The van der Waals surface area contributed by atoms with Gasteiger partial charge in [0.25, 0.3) is 0 Å². The third kappa shape index (κ3) is 3.77. The molecule has 4 aromatic rings. The summed E-state index contributed by atoms with van der Waals surface area (Å²) in [6.45, 7) is 3.39. The first-order chi connectivity index (χ1) is 15.2. The lowest BCUT2D eigenvalue weighted by atomic mass is 10.1. The van der Waals surface area contributed by atoms with Gasteiger partial charge in [0.2, 0.25) is 5.91 Å². The zero-order valence-electron chi connectivity index (χ0n) is 17.0. The number of rotatable bonds is 4. The molecule has 1 aliphatic heterocycles. The zero-order chi connectivity index (χ0) is 21.2. The number of carbonyl (C=O) groups is 1. The maximum atomic E-state index is 11.3. The van der Waals surface area contributed by atoms with Crippen LogP contribution in [0.1, 0.15) is 10.4 Å². The molecule has 2 aromatic carbocycles. The Bertz CT molecular complexity index is 1220. The molecule has 2 N–H and O–H groups in total. The molecule has 1 amide bonds. The van der Waals surface area contributed by atoms with E-state index < -0.39 is 5.91 Å². The van der Waals surface area contributed by atoms with Crippen LogP contribution in [0.4, 0.5) is 11.5 Å². The van der Waals surface area contributed by atoms with Crippen LogP contribution in [0.5, 0.6) is 0 Å². The number of piperazine rings is 1. The number of pyridine rings is 1. The first-order valence-corrected chi connectivity index (χ1v) is 10.3. The van der Waals surface area contributed by atoms with Crippen molar-refractivity contribution >= 4 is 28.3 Å². The number of nitrogens with two attached hydrogens (primary N) is 1. The second kappa shape index (κ2) is 8.02. The lowest BCUT2D eigenvalue weighted by Gasteiger charge is -2.37. The highest BCUT2D eigenvalue weighted by atomic mass is 16.1. The van der Waals surface area contributed by atoms with E-state index in [2.05, 4.69) is 20.9 Å². The van der Waals surface area contributed by atoms with Crippen LogP contribution in [-0.4, -0.2) is 47.0 Å². The van der Waals surface area contributed by atoms with Gasteiger partial charge in [-0.2, -0.15) is 0 Å². The molecule has 1 aliphatic rings. The molecule has 1 saturated heterocycles. The van der Waals surface area contributed by atoms with Gasteiger partial charge in [-0.05, 0) is 48.5 Å². The van der Waals surface area contributed by atoms with Crippen molar-refractivity contribution < 1.29 is 4.79 Å². The zero-order valence-corrected chi connectivity index (χ0v) is 17.0. The molecule has 1 fully saturated rings. The molecule has 0 radical (unpaired) electrons. The number of primary amides is 1. The van der Waals surface area contributed by atoms with Gasteiger partial charge in [-0.3, -0.25) is 9.78 Å². The minimum atomic E-state index is -0.406. The number of aromatic nitrogens is 3. The minimum absolute atomic E-state index is 0.406. The highest BCUT2D eigenvalue weighted by Gasteiger charge is 2.21. The highest BCUT2D eigenvalue weighted by Crippen LogP contribution is 2.28. The predicted molar refractivity (Wildman–Crippen MR) is 122 cm³/mol. The van der Waals surface area contributed by atoms with Gasteiger partial charge >= 0.3 is 0 Å². The molecule has 0 saturated carbocycles. The Hall–Kier alpha value is -4.00. The standard InChI is InChI=1S/C24H22N6O/c25-22(31)17-7-9-19(10-8-17)29-12-14-30(15-13-29)24-20-5-1-2-6-21(20)27-23(28-24)18-4-3-11-26-16-18/h1-11,16H,12-15H2,(H2,25,31). The van der Waals surface area contributed by atoms with E-state index in [1.165, 1.54) is 0 Å². The van der Waals surface area contributed by atoms with Crippen molar-refractivity contribution in [2.75, 3.05) is 36.0 Å². The highest BCUT2D eigenvalue weighted by molar-refractivity contribution is 5.93. The average molecular weight is 410 g/mol. The molecule has 31 heavy (non-hydrogen) atoms. The van der Waals surface area contributed by atoms with Gasteiger partial charge in [0.05, 0.1) is 5.52 Å². The van der Waals surface area contributed by atoms with E-state index in [0.29, 0.717) is 11.4 Å². The normalized spacial score (nSPS) is 14.1. The molecule has 2 aromatic heterocycles. The molecular formula is C24H22N6O. The van der Waals surface area contributed by atoms with Crippen LogP contribution in [-0.2, 0) is 0 Å². The van der Waals surface area contributed by atoms with Gasteiger partial charge in [0, 0.05) is 60.8 Å². The molecule has 154 valence electrons. The maximum absolute atomic E-state index is 11.3. The van der Waals surface area contributed by atoms with E-state index in [9.17, 15) is 4.79 Å².